The van der Waals surface area contributed by atoms with Crippen molar-refractivity contribution in [2.45, 2.75) is 37.1 Å². The molecule has 1 aliphatic carbocycles. The van der Waals surface area contributed by atoms with Crippen LogP contribution < -0.4 is 5.32 Å². The standard InChI is InChI=1S/C13H15ClFNO3S/c1-13(2,8-3-4-8)16-12(17)10-6-5-9(7-11(10)15)20(14,18)19/h5-8H,3-4H2,1-2H3,(H,16,17). The van der Waals surface area contributed by atoms with Gasteiger partial charge in [-0.3, -0.25) is 4.79 Å². The van der Waals surface area contributed by atoms with E-state index < -0.39 is 26.3 Å². The van der Waals surface area contributed by atoms with Gasteiger partial charge in [0.05, 0.1) is 10.5 Å². The lowest BCUT2D eigenvalue weighted by atomic mass is 9.98. The maximum absolute atomic E-state index is 13.8. The van der Waals surface area contributed by atoms with Gasteiger partial charge in [-0.2, -0.15) is 0 Å². The molecule has 1 aromatic carbocycles. The van der Waals surface area contributed by atoms with Gasteiger partial charge in [-0.15, -0.1) is 0 Å². The number of carbonyl (C=O) groups excluding carboxylic acids is 1. The lowest BCUT2D eigenvalue weighted by molar-refractivity contribution is 0.0899. The molecule has 0 atom stereocenters. The number of nitrogens with one attached hydrogen (secondary N) is 1. The number of amides is 1. The third-order valence-electron chi connectivity index (χ3n) is 3.50. The minimum Gasteiger partial charge on any atom is -0.347 e. The van der Waals surface area contributed by atoms with Crippen molar-refractivity contribution in [1.82, 2.24) is 5.32 Å². The van der Waals surface area contributed by atoms with E-state index in [1.807, 2.05) is 13.8 Å². The molecule has 0 unspecified atom stereocenters. The Bertz CT molecular complexity index is 654. The second-order valence-electron chi connectivity index (χ2n) is 5.53. The highest BCUT2D eigenvalue weighted by Crippen LogP contribution is 2.39. The molecule has 0 aromatic heterocycles. The van der Waals surface area contributed by atoms with Crippen LogP contribution in [0.5, 0.6) is 0 Å². The van der Waals surface area contributed by atoms with E-state index >= 15 is 0 Å². The molecule has 7 heteroatoms. The predicted molar refractivity (Wildman–Crippen MR) is 73.7 cm³/mol. The largest absolute Gasteiger partial charge is 0.347 e. The van der Waals surface area contributed by atoms with E-state index in [2.05, 4.69) is 5.32 Å². The molecule has 0 aliphatic heterocycles. The van der Waals surface area contributed by atoms with Crippen molar-refractivity contribution >= 4 is 25.6 Å². The Hall–Kier alpha value is -1.14. The Balaban J connectivity index is 2.23. The highest BCUT2D eigenvalue weighted by molar-refractivity contribution is 8.13. The summed E-state index contributed by atoms with van der Waals surface area (Å²) >= 11 is 0. The van der Waals surface area contributed by atoms with Gasteiger partial charge in [0.15, 0.2) is 0 Å². The van der Waals surface area contributed by atoms with Crippen molar-refractivity contribution in [3.8, 4) is 0 Å². The van der Waals surface area contributed by atoms with E-state index in [1.165, 1.54) is 0 Å². The van der Waals surface area contributed by atoms with Crippen LogP contribution >= 0.6 is 10.7 Å². The van der Waals surface area contributed by atoms with Crippen LogP contribution in [-0.4, -0.2) is 19.9 Å². The molecule has 1 aromatic rings. The Labute approximate surface area is 121 Å². The van der Waals surface area contributed by atoms with Crippen LogP contribution in [0.2, 0.25) is 0 Å². The van der Waals surface area contributed by atoms with Gasteiger partial charge in [0.25, 0.3) is 15.0 Å². The summed E-state index contributed by atoms with van der Waals surface area (Å²) in [6, 6.07) is 2.99. The van der Waals surface area contributed by atoms with Gasteiger partial charge in [-0.1, -0.05) is 0 Å². The van der Waals surface area contributed by atoms with Gasteiger partial charge in [0.1, 0.15) is 5.82 Å². The first kappa shape index (κ1) is 15.3. The van der Waals surface area contributed by atoms with Gasteiger partial charge < -0.3 is 5.32 Å². The maximum Gasteiger partial charge on any atom is 0.261 e. The van der Waals surface area contributed by atoms with Gasteiger partial charge in [0.2, 0.25) is 0 Å². The van der Waals surface area contributed by atoms with E-state index in [-0.39, 0.29) is 10.5 Å². The molecule has 4 nitrogen and oxygen atoms in total. The molecular formula is C13H15ClFNO3S. The maximum atomic E-state index is 13.8. The minimum atomic E-state index is -4.01. The average Bonchev–Trinajstić information content (AvgIpc) is 3.10. The first-order valence-corrected chi connectivity index (χ1v) is 8.49. The summed E-state index contributed by atoms with van der Waals surface area (Å²) in [4.78, 5) is 11.7. The third-order valence-corrected chi connectivity index (χ3v) is 4.85. The summed E-state index contributed by atoms with van der Waals surface area (Å²) in [5, 5.41) is 2.77. The number of hydrogen-bond donors (Lipinski definition) is 1. The fourth-order valence-corrected chi connectivity index (χ4v) is 2.86. The third kappa shape index (κ3) is 3.30. The Morgan fingerprint density at radius 1 is 1.40 bits per heavy atom. The number of halogens is 2. The number of carbonyl (C=O) groups is 1. The molecule has 1 amide bonds. The first-order valence-electron chi connectivity index (χ1n) is 6.18. The molecule has 20 heavy (non-hydrogen) atoms. The second kappa shape index (κ2) is 5.00. The molecule has 0 bridgehead atoms. The zero-order valence-corrected chi connectivity index (χ0v) is 12.7. The molecule has 0 radical (unpaired) electrons. The van der Waals surface area contributed by atoms with Gasteiger partial charge in [-0.05, 0) is 50.8 Å². The van der Waals surface area contributed by atoms with Crippen LogP contribution in [0, 0.1) is 11.7 Å². The van der Waals surface area contributed by atoms with E-state index in [0.29, 0.717) is 5.92 Å². The summed E-state index contributed by atoms with van der Waals surface area (Å²) in [5.74, 6) is -1.06. The van der Waals surface area contributed by atoms with E-state index in [1.54, 1.807) is 0 Å². The number of benzene rings is 1. The van der Waals surface area contributed by atoms with Crippen LogP contribution in [0.4, 0.5) is 4.39 Å². The first-order chi connectivity index (χ1) is 9.11. The fourth-order valence-electron chi connectivity index (χ4n) is 2.10. The van der Waals surface area contributed by atoms with Crippen LogP contribution in [0.25, 0.3) is 0 Å². The Morgan fingerprint density at radius 3 is 2.45 bits per heavy atom. The summed E-state index contributed by atoms with van der Waals surface area (Å²) in [7, 11) is 1.12. The van der Waals surface area contributed by atoms with E-state index in [4.69, 9.17) is 10.7 Å². The molecule has 2 rings (SSSR count). The lowest BCUT2D eigenvalue weighted by Crippen LogP contribution is -2.45. The molecule has 0 spiro atoms. The van der Waals surface area contributed by atoms with Crippen molar-refractivity contribution in [3.63, 3.8) is 0 Å². The highest BCUT2D eigenvalue weighted by atomic mass is 35.7. The van der Waals surface area contributed by atoms with Crippen molar-refractivity contribution in [2.24, 2.45) is 5.92 Å². The topological polar surface area (TPSA) is 63.2 Å². The number of hydrogen-bond acceptors (Lipinski definition) is 3. The second-order valence-corrected chi connectivity index (χ2v) is 8.10. The molecule has 1 saturated carbocycles. The number of rotatable bonds is 4. The van der Waals surface area contributed by atoms with Gasteiger partial charge in [0, 0.05) is 16.2 Å². The van der Waals surface area contributed by atoms with Crippen molar-refractivity contribution < 1.29 is 17.6 Å². The highest BCUT2D eigenvalue weighted by Gasteiger charge is 2.39. The molecule has 0 saturated heterocycles. The monoisotopic (exact) mass is 319 g/mol. The van der Waals surface area contributed by atoms with Crippen LogP contribution in [0.3, 0.4) is 0 Å². The fraction of sp³-hybridized carbons (Fsp3) is 0.462. The van der Waals surface area contributed by atoms with Gasteiger partial charge >= 0.3 is 0 Å². The predicted octanol–water partition coefficient (Wildman–Crippen LogP) is 2.67. The SMILES string of the molecule is CC(C)(NC(=O)c1ccc(S(=O)(=O)Cl)cc1F)C1CC1. The van der Waals surface area contributed by atoms with Crippen LogP contribution in [0.1, 0.15) is 37.0 Å². The van der Waals surface area contributed by atoms with Crippen molar-refractivity contribution in [2.75, 3.05) is 0 Å². The average molecular weight is 320 g/mol. The van der Waals surface area contributed by atoms with Crippen LogP contribution in [-0.2, 0) is 9.05 Å². The Morgan fingerprint density at radius 2 is 2.00 bits per heavy atom. The quantitative estimate of drug-likeness (QED) is 0.868. The summed E-state index contributed by atoms with van der Waals surface area (Å²) in [6.45, 7) is 3.77. The van der Waals surface area contributed by atoms with Gasteiger partial charge in [-0.25, -0.2) is 12.8 Å². The van der Waals surface area contributed by atoms with Crippen molar-refractivity contribution in [3.05, 3.63) is 29.6 Å². The minimum absolute atomic E-state index is 0.192. The summed E-state index contributed by atoms with van der Waals surface area (Å²) < 4.78 is 36.0. The van der Waals surface area contributed by atoms with E-state index in [9.17, 15) is 17.6 Å². The molecule has 1 N–H and O–H groups in total. The smallest absolute Gasteiger partial charge is 0.261 e. The van der Waals surface area contributed by atoms with Crippen molar-refractivity contribution in [1.29, 1.82) is 0 Å². The lowest BCUT2D eigenvalue weighted by Gasteiger charge is -2.26. The molecule has 1 fully saturated rings. The molecular weight excluding hydrogens is 305 g/mol. The van der Waals surface area contributed by atoms with E-state index in [0.717, 1.165) is 31.0 Å². The Kier molecular flexibility index (Phi) is 3.81. The van der Waals surface area contributed by atoms with Crippen LogP contribution in [0.15, 0.2) is 23.1 Å². The molecule has 1 aliphatic rings. The summed E-state index contributed by atoms with van der Waals surface area (Å²) in [5.41, 5.74) is -0.594. The molecule has 110 valence electrons. The zero-order valence-electron chi connectivity index (χ0n) is 11.1. The molecule has 0 heterocycles. The zero-order chi connectivity index (χ0) is 15.1. The normalized spacial score (nSPS) is 16.0. The summed E-state index contributed by atoms with van der Waals surface area (Å²) in [6.07, 6.45) is 2.08.